The number of rotatable bonds is 7. The lowest BCUT2D eigenvalue weighted by atomic mass is 10.3. The number of carbonyl (C=O) groups is 2. The lowest BCUT2D eigenvalue weighted by Crippen LogP contribution is -2.25. The van der Waals surface area contributed by atoms with Gasteiger partial charge in [0.1, 0.15) is 11.6 Å². The number of nitrogens with one attached hydrogen (secondary N) is 2. The molecular formula is C18H17N5O3S. The smallest absolute Gasteiger partial charge is 0.305 e. The molecule has 0 saturated carbocycles. The number of carboxylic acids is 1. The zero-order valence-corrected chi connectivity index (χ0v) is 15.3. The number of thiazole rings is 1. The van der Waals surface area contributed by atoms with Crippen molar-refractivity contribution < 1.29 is 14.7 Å². The predicted molar refractivity (Wildman–Crippen MR) is 102 cm³/mol. The van der Waals surface area contributed by atoms with Crippen LogP contribution in [-0.4, -0.2) is 38.5 Å². The number of nitrogens with zero attached hydrogens (tertiary/aromatic N) is 3. The molecule has 3 rings (SSSR count). The molecule has 3 aromatic rings. The summed E-state index contributed by atoms with van der Waals surface area (Å²) in [7, 11) is 0. The standard InChI is InChI=1S/C18H17N5O3S/c1-11-5-7-19-15(9-11)23-14-4-2-3-12(22-14)13-10-21-18(27-13)17(26)20-8-6-16(24)25/h2-5,7,9-10H,6,8H2,1H3,(H,20,26)(H,24,25)(H,19,22,23). The number of hydrogen-bond donors (Lipinski definition) is 3. The van der Waals surface area contributed by atoms with Crippen LogP contribution in [0.15, 0.2) is 42.7 Å². The van der Waals surface area contributed by atoms with E-state index in [4.69, 9.17) is 5.11 Å². The van der Waals surface area contributed by atoms with Gasteiger partial charge in [0, 0.05) is 18.9 Å². The molecular weight excluding hydrogens is 366 g/mol. The Labute approximate surface area is 159 Å². The Morgan fingerprint density at radius 3 is 2.81 bits per heavy atom. The highest BCUT2D eigenvalue weighted by atomic mass is 32.1. The van der Waals surface area contributed by atoms with Gasteiger partial charge in [-0.1, -0.05) is 6.07 Å². The second-order valence-electron chi connectivity index (χ2n) is 5.68. The predicted octanol–water partition coefficient (Wildman–Crippen LogP) is 2.86. The Balaban J connectivity index is 1.71. The van der Waals surface area contributed by atoms with E-state index in [1.807, 2.05) is 37.3 Å². The van der Waals surface area contributed by atoms with Crippen LogP contribution in [0.25, 0.3) is 10.6 Å². The number of anilines is 2. The van der Waals surface area contributed by atoms with E-state index in [0.29, 0.717) is 17.3 Å². The Kier molecular flexibility index (Phi) is 5.72. The topological polar surface area (TPSA) is 117 Å². The molecule has 0 fully saturated rings. The lowest BCUT2D eigenvalue weighted by molar-refractivity contribution is -0.136. The maximum absolute atomic E-state index is 12.0. The van der Waals surface area contributed by atoms with Gasteiger partial charge >= 0.3 is 5.97 Å². The molecule has 0 aliphatic rings. The summed E-state index contributed by atoms with van der Waals surface area (Å²) >= 11 is 1.19. The van der Waals surface area contributed by atoms with E-state index in [0.717, 1.165) is 10.4 Å². The molecule has 3 N–H and O–H groups in total. The van der Waals surface area contributed by atoms with E-state index < -0.39 is 11.9 Å². The first-order valence-corrected chi connectivity index (χ1v) is 8.96. The highest BCUT2D eigenvalue weighted by Gasteiger charge is 2.13. The third kappa shape index (κ3) is 5.08. The number of amides is 1. The third-order valence-electron chi connectivity index (χ3n) is 3.50. The monoisotopic (exact) mass is 383 g/mol. The molecule has 3 heterocycles. The van der Waals surface area contributed by atoms with E-state index in [2.05, 4.69) is 25.6 Å². The molecule has 8 nitrogen and oxygen atoms in total. The summed E-state index contributed by atoms with van der Waals surface area (Å²) in [6, 6.07) is 9.34. The molecule has 0 aromatic carbocycles. The van der Waals surface area contributed by atoms with Crippen molar-refractivity contribution in [3.05, 3.63) is 53.3 Å². The van der Waals surface area contributed by atoms with Gasteiger partial charge in [0.05, 0.1) is 17.0 Å². The normalized spacial score (nSPS) is 10.4. The van der Waals surface area contributed by atoms with Crippen molar-refractivity contribution in [2.24, 2.45) is 0 Å². The van der Waals surface area contributed by atoms with Gasteiger partial charge in [-0.2, -0.15) is 0 Å². The number of hydrogen-bond acceptors (Lipinski definition) is 7. The number of aliphatic carboxylic acids is 1. The summed E-state index contributed by atoms with van der Waals surface area (Å²) in [5.74, 6) is -0.0357. The number of carboxylic acid groups (broad SMARTS) is 1. The van der Waals surface area contributed by atoms with Gasteiger partial charge in [-0.15, -0.1) is 11.3 Å². The average Bonchev–Trinajstić information content (AvgIpc) is 3.12. The number of aryl methyl sites for hydroxylation is 1. The molecule has 27 heavy (non-hydrogen) atoms. The van der Waals surface area contributed by atoms with E-state index in [1.54, 1.807) is 12.4 Å². The van der Waals surface area contributed by atoms with Gasteiger partial charge in [0.2, 0.25) is 0 Å². The maximum atomic E-state index is 12.0. The minimum Gasteiger partial charge on any atom is -0.481 e. The number of aromatic nitrogens is 3. The van der Waals surface area contributed by atoms with Crippen molar-refractivity contribution in [1.82, 2.24) is 20.3 Å². The SMILES string of the molecule is Cc1ccnc(Nc2cccc(-c3cnc(C(=O)NCCC(=O)O)s3)n2)c1. The Morgan fingerprint density at radius 1 is 1.19 bits per heavy atom. The highest BCUT2D eigenvalue weighted by molar-refractivity contribution is 7.16. The molecule has 0 spiro atoms. The zero-order chi connectivity index (χ0) is 19.2. The first kappa shape index (κ1) is 18.5. The Bertz CT molecular complexity index is 973. The Hall–Kier alpha value is -3.33. The van der Waals surface area contributed by atoms with Crippen LogP contribution in [0, 0.1) is 6.92 Å². The number of carbonyl (C=O) groups excluding carboxylic acids is 1. The quantitative estimate of drug-likeness (QED) is 0.574. The fourth-order valence-corrected chi connectivity index (χ4v) is 3.04. The molecule has 0 aliphatic heterocycles. The molecule has 1 amide bonds. The molecule has 0 aliphatic carbocycles. The van der Waals surface area contributed by atoms with Gasteiger partial charge in [0.15, 0.2) is 5.01 Å². The number of pyridine rings is 2. The van der Waals surface area contributed by atoms with Crippen LogP contribution >= 0.6 is 11.3 Å². The largest absolute Gasteiger partial charge is 0.481 e. The van der Waals surface area contributed by atoms with Crippen LogP contribution in [0.1, 0.15) is 21.8 Å². The molecule has 0 atom stereocenters. The van der Waals surface area contributed by atoms with Crippen LogP contribution in [0.4, 0.5) is 11.6 Å². The Morgan fingerprint density at radius 2 is 2.04 bits per heavy atom. The molecule has 3 aromatic heterocycles. The fraction of sp³-hybridized carbons (Fsp3) is 0.167. The van der Waals surface area contributed by atoms with Crippen molar-refractivity contribution in [2.75, 3.05) is 11.9 Å². The van der Waals surface area contributed by atoms with Crippen molar-refractivity contribution >= 4 is 34.8 Å². The summed E-state index contributed by atoms with van der Waals surface area (Å²) in [6.45, 7) is 2.04. The van der Waals surface area contributed by atoms with E-state index in [9.17, 15) is 9.59 Å². The first-order valence-electron chi connectivity index (χ1n) is 8.14. The minimum atomic E-state index is -0.966. The summed E-state index contributed by atoms with van der Waals surface area (Å²) in [6.07, 6.45) is 3.17. The van der Waals surface area contributed by atoms with Crippen molar-refractivity contribution in [3.8, 4) is 10.6 Å². The average molecular weight is 383 g/mol. The van der Waals surface area contributed by atoms with Crippen LogP contribution in [0.2, 0.25) is 0 Å². The minimum absolute atomic E-state index is 0.0597. The van der Waals surface area contributed by atoms with E-state index >= 15 is 0 Å². The molecule has 138 valence electrons. The van der Waals surface area contributed by atoms with E-state index in [1.165, 1.54) is 11.3 Å². The van der Waals surface area contributed by atoms with Gasteiger partial charge in [-0.3, -0.25) is 9.59 Å². The zero-order valence-electron chi connectivity index (χ0n) is 14.5. The van der Waals surface area contributed by atoms with Crippen molar-refractivity contribution in [1.29, 1.82) is 0 Å². The van der Waals surface area contributed by atoms with Crippen molar-refractivity contribution in [3.63, 3.8) is 0 Å². The van der Waals surface area contributed by atoms with Crippen LogP contribution in [0.5, 0.6) is 0 Å². The molecule has 0 unspecified atom stereocenters. The van der Waals surface area contributed by atoms with Gasteiger partial charge in [0.25, 0.3) is 5.91 Å². The van der Waals surface area contributed by atoms with Crippen LogP contribution in [0.3, 0.4) is 0 Å². The second-order valence-corrected chi connectivity index (χ2v) is 6.71. The van der Waals surface area contributed by atoms with Gasteiger partial charge in [-0.25, -0.2) is 15.0 Å². The fourth-order valence-electron chi connectivity index (χ4n) is 2.23. The van der Waals surface area contributed by atoms with E-state index in [-0.39, 0.29) is 18.0 Å². The molecule has 0 saturated heterocycles. The van der Waals surface area contributed by atoms with Gasteiger partial charge in [-0.05, 0) is 36.8 Å². The molecule has 9 heteroatoms. The first-order chi connectivity index (χ1) is 13.0. The summed E-state index contributed by atoms with van der Waals surface area (Å²) in [5, 5.41) is 14.6. The second kappa shape index (κ2) is 8.37. The van der Waals surface area contributed by atoms with Crippen LogP contribution < -0.4 is 10.6 Å². The summed E-state index contributed by atoms with van der Waals surface area (Å²) in [4.78, 5) is 36.1. The lowest BCUT2D eigenvalue weighted by Gasteiger charge is -2.06. The molecule has 0 radical (unpaired) electrons. The highest BCUT2D eigenvalue weighted by Crippen LogP contribution is 2.26. The summed E-state index contributed by atoms with van der Waals surface area (Å²) in [5.41, 5.74) is 1.76. The van der Waals surface area contributed by atoms with Crippen molar-refractivity contribution in [2.45, 2.75) is 13.3 Å². The van der Waals surface area contributed by atoms with Gasteiger partial charge < -0.3 is 15.7 Å². The maximum Gasteiger partial charge on any atom is 0.305 e. The summed E-state index contributed by atoms with van der Waals surface area (Å²) < 4.78 is 0. The molecule has 0 bridgehead atoms. The third-order valence-corrected chi connectivity index (χ3v) is 4.52. The van der Waals surface area contributed by atoms with Crippen LogP contribution in [-0.2, 0) is 4.79 Å².